The van der Waals surface area contributed by atoms with Gasteiger partial charge in [-0.1, -0.05) is 140 Å². The predicted octanol–water partition coefficient (Wildman–Crippen LogP) is 13.9. The molecule has 0 bridgehead atoms. The molecule has 0 saturated heterocycles. The van der Waals surface area contributed by atoms with Crippen LogP contribution in [0.15, 0.2) is 206 Å². The molecule has 0 aliphatic rings. The van der Waals surface area contributed by atoms with E-state index in [1.165, 1.54) is 16.3 Å². The highest BCUT2D eigenvalue weighted by molar-refractivity contribution is 6.17. The smallest absolute Gasteiger partial charge is 0.0636 e. The molecule has 0 aliphatic heterocycles. The van der Waals surface area contributed by atoms with Gasteiger partial charge in [-0.2, -0.15) is 0 Å². The SMILES string of the molecule is [2H]c1c2cc(-c3ccccc3)ccc2c(N(c2ccccc2)c2ccc3c(c2)c2ccccc2n3-c2ccccc2)c2cc(-c3ccccc3)ccc12. The summed E-state index contributed by atoms with van der Waals surface area (Å²) in [5.74, 6) is 0. The van der Waals surface area contributed by atoms with E-state index in [-0.39, 0.29) is 0 Å². The highest BCUT2D eigenvalue weighted by atomic mass is 15.1. The number of hydrogen-bond donors (Lipinski definition) is 0. The molecule has 10 aromatic rings. The molecule has 0 amide bonds. The minimum absolute atomic E-state index is 0.533. The van der Waals surface area contributed by atoms with Crippen molar-refractivity contribution in [2.24, 2.45) is 0 Å². The third-order valence-electron chi connectivity index (χ3n) is 10.2. The fraction of sp³-hybridized carbons (Fsp3) is 0. The molecule has 244 valence electrons. The van der Waals surface area contributed by atoms with Crippen LogP contribution in [-0.2, 0) is 0 Å². The van der Waals surface area contributed by atoms with E-state index in [0.29, 0.717) is 6.04 Å². The average molecular weight is 664 g/mol. The van der Waals surface area contributed by atoms with Crippen LogP contribution in [0.4, 0.5) is 17.1 Å². The van der Waals surface area contributed by atoms with Gasteiger partial charge in [0.1, 0.15) is 0 Å². The number of rotatable bonds is 6. The molecule has 0 aliphatic carbocycles. The van der Waals surface area contributed by atoms with Crippen molar-refractivity contribution in [3.63, 3.8) is 0 Å². The molecule has 0 radical (unpaired) electrons. The Hall–Kier alpha value is -6.90. The Kier molecular flexibility index (Phi) is 6.92. The van der Waals surface area contributed by atoms with Gasteiger partial charge in [-0.05, 0) is 99.7 Å². The number of anilines is 3. The fourth-order valence-corrected chi connectivity index (χ4v) is 7.79. The van der Waals surface area contributed by atoms with Gasteiger partial charge in [-0.3, -0.25) is 0 Å². The average Bonchev–Trinajstić information content (AvgIpc) is 3.57. The lowest BCUT2D eigenvalue weighted by atomic mass is 9.93. The summed E-state index contributed by atoms with van der Waals surface area (Å²) in [6, 6.07) is 71.5. The molecule has 2 nitrogen and oxygen atoms in total. The quantitative estimate of drug-likeness (QED) is 0.161. The van der Waals surface area contributed by atoms with Gasteiger partial charge in [0.15, 0.2) is 0 Å². The summed E-state index contributed by atoms with van der Waals surface area (Å²) in [6.45, 7) is 0. The van der Waals surface area contributed by atoms with E-state index in [1.807, 2.05) is 6.07 Å². The zero-order valence-electron chi connectivity index (χ0n) is 29.4. The molecule has 0 N–H and O–H groups in total. The minimum Gasteiger partial charge on any atom is -0.309 e. The Labute approximate surface area is 304 Å². The summed E-state index contributed by atoms with van der Waals surface area (Å²) < 4.78 is 12.0. The maximum Gasteiger partial charge on any atom is 0.0636 e. The summed E-state index contributed by atoms with van der Waals surface area (Å²) in [7, 11) is 0. The normalized spacial score (nSPS) is 11.7. The van der Waals surface area contributed by atoms with Crippen molar-refractivity contribution in [3.05, 3.63) is 206 Å². The Balaban J connectivity index is 1.30. The summed E-state index contributed by atoms with van der Waals surface area (Å²) >= 11 is 0. The van der Waals surface area contributed by atoms with Gasteiger partial charge in [-0.25, -0.2) is 0 Å². The maximum absolute atomic E-state index is 9.67. The molecule has 0 saturated carbocycles. The van der Waals surface area contributed by atoms with Crippen molar-refractivity contribution in [1.29, 1.82) is 0 Å². The van der Waals surface area contributed by atoms with Gasteiger partial charge in [0.05, 0.1) is 18.1 Å². The lowest BCUT2D eigenvalue weighted by Gasteiger charge is -2.29. The van der Waals surface area contributed by atoms with Crippen molar-refractivity contribution < 1.29 is 1.37 Å². The van der Waals surface area contributed by atoms with E-state index in [1.54, 1.807) is 0 Å². The zero-order valence-corrected chi connectivity index (χ0v) is 28.4. The van der Waals surface area contributed by atoms with Gasteiger partial charge in [0.2, 0.25) is 0 Å². The van der Waals surface area contributed by atoms with Crippen molar-refractivity contribution >= 4 is 60.4 Å². The van der Waals surface area contributed by atoms with E-state index in [2.05, 4.69) is 204 Å². The lowest BCUT2D eigenvalue weighted by molar-refractivity contribution is 1.18. The molecular formula is C50H34N2. The van der Waals surface area contributed by atoms with Crippen LogP contribution >= 0.6 is 0 Å². The molecule has 1 heterocycles. The second-order valence-corrected chi connectivity index (χ2v) is 13.3. The Bertz CT molecular complexity index is 2930. The molecule has 0 spiro atoms. The summed E-state index contributed by atoms with van der Waals surface area (Å²) in [6.07, 6.45) is 0. The molecule has 0 atom stereocenters. The van der Waals surface area contributed by atoms with Crippen LogP contribution in [0.3, 0.4) is 0 Å². The fourth-order valence-electron chi connectivity index (χ4n) is 7.79. The van der Waals surface area contributed by atoms with E-state index in [0.717, 1.165) is 72.1 Å². The second-order valence-electron chi connectivity index (χ2n) is 13.3. The molecule has 0 unspecified atom stereocenters. The van der Waals surface area contributed by atoms with Crippen LogP contribution in [0.5, 0.6) is 0 Å². The van der Waals surface area contributed by atoms with Gasteiger partial charge >= 0.3 is 0 Å². The van der Waals surface area contributed by atoms with E-state index in [9.17, 15) is 1.37 Å². The van der Waals surface area contributed by atoms with E-state index < -0.39 is 0 Å². The van der Waals surface area contributed by atoms with Gasteiger partial charge in [0.25, 0.3) is 0 Å². The predicted molar refractivity (Wildman–Crippen MR) is 221 cm³/mol. The third-order valence-corrected chi connectivity index (χ3v) is 10.2. The van der Waals surface area contributed by atoms with Gasteiger partial charge in [-0.15, -0.1) is 0 Å². The standard InChI is InChI=1S/C50H34N2/c1-5-15-35(16-6-1)37-27-29-44-40(31-37)32-39-26-25-38(36-17-7-2-8-18-36)33-46(39)50(44)51(41-19-9-3-10-20-41)43-28-30-49-47(34-43)45-23-13-14-24-48(45)52(49)42-21-11-4-12-22-42/h1-34H/i32D. The van der Waals surface area contributed by atoms with Crippen molar-refractivity contribution in [2.75, 3.05) is 4.90 Å². The topological polar surface area (TPSA) is 8.17 Å². The lowest BCUT2D eigenvalue weighted by Crippen LogP contribution is -2.11. The second kappa shape index (κ2) is 12.5. The molecule has 10 rings (SSSR count). The Morgan fingerprint density at radius 2 is 0.962 bits per heavy atom. The number of benzene rings is 9. The highest BCUT2D eigenvalue weighted by Crippen LogP contribution is 2.47. The first kappa shape index (κ1) is 28.9. The van der Waals surface area contributed by atoms with Crippen LogP contribution in [0.25, 0.3) is 71.3 Å². The highest BCUT2D eigenvalue weighted by Gasteiger charge is 2.22. The summed E-state index contributed by atoms with van der Waals surface area (Å²) in [4.78, 5) is 2.40. The molecular weight excluding hydrogens is 629 g/mol. The third kappa shape index (κ3) is 5.04. The van der Waals surface area contributed by atoms with Gasteiger partial charge < -0.3 is 9.47 Å². The molecule has 1 aromatic heterocycles. The summed E-state index contributed by atoms with van der Waals surface area (Å²) in [5.41, 5.74) is 11.1. The first-order valence-electron chi connectivity index (χ1n) is 18.3. The number of fused-ring (bicyclic) bond motifs is 5. The van der Waals surface area contributed by atoms with Crippen LogP contribution < -0.4 is 4.90 Å². The summed E-state index contributed by atoms with van der Waals surface area (Å²) in [5, 5.41) is 6.29. The largest absolute Gasteiger partial charge is 0.309 e. The first-order chi connectivity index (χ1) is 26.2. The van der Waals surface area contributed by atoms with Gasteiger partial charge in [0, 0.05) is 38.6 Å². The van der Waals surface area contributed by atoms with Crippen molar-refractivity contribution in [3.8, 4) is 27.9 Å². The Morgan fingerprint density at radius 3 is 1.69 bits per heavy atom. The number of hydrogen-bond acceptors (Lipinski definition) is 1. The maximum atomic E-state index is 9.67. The molecule has 52 heavy (non-hydrogen) atoms. The monoisotopic (exact) mass is 663 g/mol. The molecule has 9 aromatic carbocycles. The van der Waals surface area contributed by atoms with Crippen molar-refractivity contribution in [2.45, 2.75) is 0 Å². The van der Waals surface area contributed by atoms with Crippen LogP contribution in [0, 0.1) is 0 Å². The Morgan fingerprint density at radius 1 is 0.365 bits per heavy atom. The van der Waals surface area contributed by atoms with E-state index in [4.69, 9.17) is 0 Å². The zero-order chi connectivity index (χ0) is 35.3. The van der Waals surface area contributed by atoms with Crippen LogP contribution in [-0.4, -0.2) is 4.57 Å². The first-order valence-corrected chi connectivity index (χ1v) is 17.8. The van der Waals surface area contributed by atoms with E-state index >= 15 is 0 Å². The van der Waals surface area contributed by atoms with Crippen LogP contribution in [0.1, 0.15) is 1.37 Å². The van der Waals surface area contributed by atoms with Crippen molar-refractivity contribution in [1.82, 2.24) is 4.57 Å². The van der Waals surface area contributed by atoms with Crippen LogP contribution in [0.2, 0.25) is 0 Å². The number of para-hydroxylation sites is 3. The molecule has 0 fully saturated rings. The minimum atomic E-state index is 0.533. The molecule has 2 heteroatoms. The number of nitrogens with zero attached hydrogens (tertiary/aromatic N) is 2. The number of aromatic nitrogens is 1.